The molecule has 0 aromatic carbocycles. The van der Waals surface area contributed by atoms with Crippen molar-refractivity contribution in [3.8, 4) is 0 Å². The molecule has 1 aliphatic heterocycles. The minimum Gasteiger partial charge on any atom is -0.370 e. The average molecular weight is 670 g/mol. The van der Waals surface area contributed by atoms with Crippen LogP contribution in [0.5, 0.6) is 0 Å². The first-order chi connectivity index (χ1) is 24.8. The standard InChI is InChI=1S/C48H63NO/c1-4-16-34(17-5-1)36-20-14-21-37(30-36)39-32-44(35-18-6-2-7-19-35)49-45(33-39)38-22-15-25-41(31-38)48(40-23-8-3-9-24-40)42-26-10-12-28-46(42)50-47-29-13-11-27-43(47)48/h8,10,18,23,25-27,31-34,36-37,40,42,46-47H,1-7,9,11-17,19-22,24,28-30H2. The van der Waals surface area contributed by atoms with Gasteiger partial charge in [-0.15, -0.1) is 0 Å². The molecule has 0 amide bonds. The van der Waals surface area contributed by atoms with Gasteiger partial charge in [-0.1, -0.05) is 93.6 Å². The third-order valence-electron chi connectivity index (χ3n) is 14.8. The molecule has 266 valence electrons. The fourth-order valence-electron chi connectivity index (χ4n) is 12.4. The number of fused-ring (bicyclic) bond motifs is 2. The summed E-state index contributed by atoms with van der Waals surface area (Å²) < 4.78 is 7.05. The van der Waals surface area contributed by atoms with Gasteiger partial charge in [0.1, 0.15) is 0 Å². The summed E-state index contributed by atoms with van der Waals surface area (Å²) in [6.45, 7) is 0. The van der Waals surface area contributed by atoms with Crippen LogP contribution in [0.15, 0.2) is 71.9 Å². The van der Waals surface area contributed by atoms with Gasteiger partial charge in [-0.3, -0.25) is 0 Å². The Morgan fingerprint density at radius 2 is 1.46 bits per heavy atom. The highest BCUT2D eigenvalue weighted by Crippen LogP contribution is 2.62. The topological polar surface area (TPSA) is 22.1 Å². The van der Waals surface area contributed by atoms with E-state index in [9.17, 15) is 0 Å². The van der Waals surface area contributed by atoms with Gasteiger partial charge >= 0.3 is 0 Å². The predicted molar refractivity (Wildman–Crippen MR) is 209 cm³/mol. The van der Waals surface area contributed by atoms with E-state index in [0.29, 0.717) is 23.9 Å². The van der Waals surface area contributed by atoms with Crippen molar-refractivity contribution < 1.29 is 4.74 Å². The van der Waals surface area contributed by atoms with Crippen LogP contribution < -0.4 is 0 Å². The smallest absolute Gasteiger partial charge is 0.0798 e. The van der Waals surface area contributed by atoms with Crippen LogP contribution in [0.1, 0.15) is 171 Å². The van der Waals surface area contributed by atoms with Crippen LogP contribution >= 0.6 is 0 Å². The van der Waals surface area contributed by atoms with Crippen molar-refractivity contribution >= 4 is 11.1 Å². The monoisotopic (exact) mass is 669 g/mol. The fourth-order valence-corrected chi connectivity index (χ4v) is 12.4. The van der Waals surface area contributed by atoms with Gasteiger partial charge in [-0.2, -0.15) is 0 Å². The summed E-state index contributed by atoms with van der Waals surface area (Å²) in [5, 5.41) is 0. The van der Waals surface area contributed by atoms with Crippen molar-refractivity contribution in [2.45, 2.75) is 166 Å². The summed E-state index contributed by atoms with van der Waals surface area (Å²) in [6.07, 6.45) is 51.4. The van der Waals surface area contributed by atoms with Crippen molar-refractivity contribution in [1.29, 1.82) is 0 Å². The van der Waals surface area contributed by atoms with E-state index in [1.807, 2.05) is 0 Å². The number of nitrogens with zero attached hydrogens (tertiary/aromatic N) is 1. The second-order valence-corrected chi connectivity index (χ2v) is 17.7. The van der Waals surface area contributed by atoms with Crippen molar-refractivity contribution in [3.63, 3.8) is 0 Å². The molecule has 1 aromatic heterocycles. The Morgan fingerprint density at radius 3 is 2.32 bits per heavy atom. The highest BCUT2D eigenvalue weighted by molar-refractivity contribution is 5.72. The van der Waals surface area contributed by atoms with E-state index < -0.39 is 0 Å². The summed E-state index contributed by atoms with van der Waals surface area (Å²) in [5.41, 5.74) is 10.4. The van der Waals surface area contributed by atoms with Crippen molar-refractivity contribution in [2.24, 2.45) is 29.1 Å². The summed E-state index contributed by atoms with van der Waals surface area (Å²) in [4.78, 5) is 5.63. The lowest BCUT2D eigenvalue weighted by atomic mass is 9.50. The van der Waals surface area contributed by atoms with E-state index in [1.54, 1.807) is 16.7 Å². The van der Waals surface area contributed by atoms with E-state index in [0.717, 1.165) is 37.5 Å². The second-order valence-electron chi connectivity index (χ2n) is 17.7. The molecule has 50 heavy (non-hydrogen) atoms. The molecule has 1 saturated heterocycles. The number of ether oxygens (including phenoxy) is 1. The van der Waals surface area contributed by atoms with Crippen LogP contribution in [0.25, 0.3) is 11.1 Å². The molecule has 2 nitrogen and oxygen atoms in total. The van der Waals surface area contributed by atoms with Crippen LogP contribution in [0.3, 0.4) is 0 Å². The molecule has 7 atom stereocenters. The Morgan fingerprint density at radius 1 is 0.620 bits per heavy atom. The van der Waals surface area contributed by atoms with Gasteiger partial charge in [0.05, 0.1) is 23.6 Å². The second kappa shape index (κ2) is 14.9. The molecule has 2 heteroatoms. The molecular weight excluding hydrogens is 607 g/mol. The Labute approximate surface area is 303 Å². The first-order valence-electron chi connectivity index (χ1n) is 21.6. The van der Waals surface area contributed by atoms with Crippen LogP contribution in [0, 0.1) is 29.1 Å². The zero-order valence-electron chi connectivity index (χ0n) is 30.9. The molecular formula is C48H63NO. The Bertz CT molecular complexity index is 1580. The van der Waals surface area contributed by atoms with Gasteiger partial charge in [0.2, 0.25) is 0 Å². The zero-order chi connectivity index (χ0) is 33.3. The van der Waals surface area contributed by atoms with Gasteiger partial charge in [-0.25, -0.2) is 4.98 Å². The molecule has 3 fully saturated rings. The SMILES string of the molecule is C1=CC(C2(C3=CCCC(c4cc(C5CCCC(C6CCCCC6)C5)cc(C5=CCCCC5)n4)=C3)C3=CCCCC3OC3CCC=CC32)CCC1. The van der Waals surface area contributed by atoms with E-state index in [-0.39, 0.29) is 11.5 Å². The summed E-state index contributed by atoms with van der Waals surface area (Å²) in [5.74, 6) is 3.53. The van der Waals surface area contributed by atoms with Crippen LogP contribution in [-0.2, 0) is 4.74 Å². The molecule has 2 saturated carbocycles. The lowest BCUT2D eigenvalue weighted by molar-refractivity contribution is -0.102. The maximum absolute atomic E-state index is 7.05. The number of hydrogen-bond donors (Lipinski definition) is 0. The lowest BCUT2D eigenvalue weighted by Gasteiger charge is -2.58. The third kappa shape index (κ3) is 6.33. The predicted octanol–water partition coefficient (Wildman–Crippen LogP) is 13.2. The minimum atomic E-state index is -0.00353. The van der Waals surface area contributed by atoms with E-state index in [2.05, 4.69) is 60.7 Å². The normalized spacial score (nSPS) is 36.4. The molecule has 0 radical (unpaired) electrons. The highest BCUT2D eigenvalue weighted by atomic mass is 16.5. The summed E-state index contributed by atoms with van der Waals surface area (Å²) >= 11 is 0. The van der Waals surface area contributed by atoms with Crippen LogP contribution in [-0.4, -0.2) is 17.2 Å². The largest absolute Gasteiger partial charge is 0.370 e. The quantitative estimate of drug-likeness (QED) is 0.281. The molecule has 0 N–H and O–H groups in total. The van der Waals surface area contributed by atoms with Crippen molar-refractivity contribution in [1.82, 2.24) is 4.98 Å². The molecule has 7 aliphatic carbocycles. The Balaban J connectivity index is 1.13. The number of aromatic nitrogens is 1. The van der Waals surface area contributed by atoms with Crippen molar-refractivity contribution in [2.75, 3.05) is 0 Å². The molecule has 8 aliphatic rings. The first kappa shape index (κ1) is 33.4. The number of rotatable bonds is 6. The molecule has 0 bridgehead atoms. The molecule has 2 heterocycles. The van der Waals surface area contributed by atoms with E-state index in [1.165, 1.54) is 145 Å². The molecule has 7 unspecified atom stereocenters. The third-order valence-corrected chi connectivity index (χ3v) is 14.8. The number of hydrogen-bond acceptors (Lipinski definition) is 2. The highest BCUT2D eigenvalue weighted by Gasteiger charge is 2.57. The van der Waals surface area contributed by atoms with Gasteiger partial charge in [0.15, 0.2) is 0 Å². The molecule has 9 rings (SSSR count). The van der Waals surface area contributed by atoms with Gasteiger partial charge in [0, 0.05) is 11.3 Å². The van der Waals surface area contributed by atoms with Gasteiger partial charge < -0.3 is 4.74 Å². The van der Waals surface area contributed by atoms with E-state index in [4.69, 9.17) is 9.72 Å². The Kier molecular flexibility index (Phi) is 9.94. The van der Waals surface area contributed by atoms with Crippen LogP contribution in [0.4, 0.5) is 0 Å². The molecule has 0 spiro atoms. The summed E-state index contributed by atoms with van der Waals surface area (Å²) in [7, 11) is 0. The average Bonchev–Trinajstić information content (AvgIpc) is 3.21. The van der Waals surface area contributed by atoms with Crippen LogP contribution in [0.2, 0.25) is 0 Å². The van der Waals surface area contributed by atoms with Gasteiger partial charge in [0.25, 0.3) is 0 Å². The zero-order valence-corrected chi connectivity index (χ0v) is 30.9. The Hall–Kier alpha value is -2.45. The maximum atomic E-state index is 7.05. The van der Waals surface area contributed by atoms with Gasteiger partial charge in [-0.05, 0) is 166 Å². The number of allylic oxidation sites excluding steroid dienone is 10. The van der Waals surface area contributed by atoms with E-state index >= 15 is 0 Å². The fraction of sp³-hybridized carbons (Fsp3) is 0.646. The number of pyridine rings is 1. The first-order valence-corrected chi connectivity index (χ1v) is 21.6. The van der Waals surface area contributed by atoms with Crippen molar-refractivity contribution in [3.05, 3.63) is 88.8 Å². The lowest BCUT2D eigenvalue weighted by Crippen LogP contribution is -2.55. The molecule has 1 aromatic rings. The maximum Gasteiger partial charge on any atom is 0.0798 e. The summed E-state index contributed by atoms with van der Waals surface area (Å²) in [6, 6.07) is 5.16. The minimum absolute atomic E-state index is 0.00353.